The maximum atomic E-state index is 11.6. The van der Waals surface area contributed by atoms with Crippen LogP contribution in [0.3, 0.4) is 0 Å². The first-order valence-electron chi connectivity index (χ1n) is 7.50. The van der Waals surface area contributed by atoms with E-state index in [1.807, 2.05) is 0 Å². The number of nitro groups is 1. The van der Waals surface area contributed by atoms with Gasteiger partial charge in [0.25, 0.3) is 0 Å². The van der Waals surface area contributed by atoms with Crippen molar-refractivity contribution >= 4 is 40.4 Å². The van der Waals surface area contributed by atoms with Crippen LogP contribution in [0.25, 0.3) is 0 Å². The summed E-state index contributed by atoms with van der Waals surface area (Å²) in [6, 6.07) is 11.2. The Morgan fingerprint density at radius 2 is 1.67 bits per heavy atom. The third-order valence-electron chi connectivity index (χ3n) is 3.37. The summed E-state index contributed by atoms with van der Waals surface area (Å²) < 4.78 is 10.6. The van der Waals surface area contributed by atoms with E-state index in [2.05, 4.69) is 15.3 Å². The van der Waals surface area contributed by atoms with Crippen LogP contribution in [-0.2, 0) is 0 Å². The SMILES string of the molecule is COc1ccc(Oc2ncnc(Nc3cc(Cl)cc(Cl)c3)c2[N+](=O)[O-])cc1. The zero-order valence-corrected chi connectivity index (χ0v) is 15.4. The zero-order chi connectivity index (χ0) is 19.4. The highest BCUT2D eigenvalue weighted by Crippen LogP contribution is 2.36. The molecule has 0 fully saturated rings. The van der Waals surface area contributed by atoms with Gasteiger partial charge in [0.2, 0.25) is 5.82 Å². The molecule has 0 unspecified atom stereocenters. The number of anilines is 2. The van der Waals surface area contributed by atoms with Gasteiger partial charge in [-0.25, -0.2) is 4.98 Å². The summed E-state index contributed by atoms with van der Waals surface area (Å²) in [6.07, 6.45) is 1.15. The minimum atomic E-state index is -0.632. The van der Waals surface area contributed by atoms with E-state index in [0.717, 1.165) is 6.33 Å². The van der Waals surface area contributed by atoms with Crippen LogP contribution in [-0.4, -0.2) is 22.0 Å². The van der Waals surface area contributed by atoms with Crippen molar-refractivity contribution in [3.63, 3.8) is 0 Å². The van der Waals surface area contributed by atoms with E-state index in [4.69, 9.17) is 32.7 Å². The quantitative estimate of drug-likeness (QED) is 0.441. The van der Waals surface area contributed by atoms with Crippen molar-refractivity contribution in [2.75, 3.05) is 12.4 Å². The molecule has 27 heavy (non-hydrogen) atoms. The van der Waals surface area contributed by atoms with E-state index in [9.17, 15) is 10.1 Å². The summed E-state index contributed by atoms with van der Waals surface area (Å²) >= 11 is 11.9. The fourth-order valence-corrected chi connectivity index (χ4v) is 2.74. The molecule has 3 aromatic rings. The first kappa shape index (κ1) is 18.7. The Morgan fingerprint density at radius 1 is 1.04 bits per heavy atom. The molecule has 0 atom stereocenters. The minimum Gasteiger partial charge on any atom is -0.497 e. The van der Waals surface area contributed by atoms with Crippen molar-refractivity contribution in [1.29, 1.82) is 0 Å². The number of aromatic nitrogens is 2. The van der Waals surface area contributed by atoms with Crippen LogP contribution in [0.2, 0.25) is 10.0 Å². The number of nitrogens with one attached hydrogen (secondary N) is 1. The van der Waals surface area contributed by atoms with Crippen molar-refractivity contribution in [3.8, 4) is 17.4 Å². The molecule has 1 heterocycles. The van der Waals surface area contributed by atoms with E-state index in [1.165, 1.54) is 7.11 Å². The number of rotatable bonds is 6. The van der Waals surface area contributed by atoms with Crippen LogP contribution in [0, 0.1) is 10.1 Å². The van der Waals surface area contributed by atoms with Gasteiger partial charge in [-0.1, -0.05) is 23.2 Å². The second-order valence-electron chi connectivity index (χ2n) is 5.19. The number of hydrogen-bond donors (Lipinski definition) is 1. The summed E-state index contributed by atoms with van der Waals surface area (Å²) in [5, 5.41) is 15.2. The molecule has 138 valence electrons. The lowest BCUT2D eigenvalue weighted by Crippen LogP contribution is -2.03. The van der Waals surface area contributed by atoms with Crippen molar-refractivity contribution in [2.24, 2.45) is 0 Å². The Balaban J connectivity index is 1.95. The molecule has 0 amide bonds. The van der Waals surface area contributed by atoms with Crippen LogP contribution in [0.5, 0.6) is 17.4 Å². The fourth-order valence-electron chi connectivity index (χ4n) is 2.21. The average molecular weight is 407 g/mol. The molecule has 0 saturated heterocycles. The Kier molecular flexibility index (Phi) is 5.58. The molecule has 1 aromatic heterocycles. The number of nitrogens with zero attached hydrogens (tertiary/aromatic N) is 3. The fraction of sp³-hybridized carbons (Fsp3) is 0.0588. The summed E-state index contributed by atoms with van der Waals surface area (Å²) in [7, 11) is 1.53. The van der Waals surface area contributed by atoms with E-state index >= 15 is 0 Å². The van der Waals surface area contributed by atoms with Gasteiger partial charge in [-0.2, -0.15) is 4.98 Å². The highest BCUT2D eigenvalue weighted by atomic mass is 35.5. The Bertz CT molecular complexity index is 963. The molecular formula is C17H12Cl2N4O4. The normalized spacial score (nSPS) is 10.3. The highest BCUT2D eigenvalue weighted by molar-refractivity contribution is 6.35. The maximum absolute atomic E-state index is 11.6. The average Bonchev–Trinajstić information content (AvgIpc) is 2.61. The third kappa shape index (κ3) is 4.55. The summed E-state index contributed by atoms with van der Waals surface area (Å²) in [5.74, 6) is 0.710. The second kappa shape index (κ2) is 8.07. The molecule has 0 aliphatic carbocycles. The molecule has 0 aliphatic rings. The van der Waals surface area contributed by atoms with E-state index in [-0.39, 0.29) is 11.7 Å². The van der Waals surface area contributed by atoms with Crippen LogP contribution in [0.4, 0.5) is 17.2 Å². The molecule has 3 rings (SSSR count). The number of hydrogen-bond acceptors (Lipinski definition) is 7. The standard InChI is InChI=1S/C17H12Cl2N4O4/c1-26-13-2-4-14(5-3-13)27-17-15(23(24)25)16(20-9-21-17)22-12-7-10(18)6-11(19)8-12/h2-9H,1H3,(H,20,21,22). The molecule has 1 N–H and O–H groups in total. The monoisotopic (exact) mass is 406 g/mol. The number of ether oxygens (including phenoxy) is 2. The van der Waals surface area contributed by atoms with Crippen LogP contribution in [0.1, 0.15) is 0 Å². The first-order valence-corrected chi connectivity index (χ1v) is 8.26. The van der Waals surface area contributed by atoms with Crippen LogP contribution < -0.4 is 14.8 Å². The molecule has 0 spiro atoms. The van der Waals surface area contributed by atoms with E-state index in [1.54, 1.807) is 42.5 Å². The van der Waals surface area contributed by atoms with Gasteiger partial charge in [0.05, 0.1) is 12.0 Å². The highest BCUT2D eigenvalue weighted by Gasteiger charge is 2.25. The summed E-state index contributed by atoms with van der Waals surface area (Å²) in [5.41, 5.74) is 0.00844. The van der Waals surface area contributed by atoms with E-state index < -0.39 is 10.6 Å². The number of halogens is 2. The molecule has 0 saturated carbocycles. The van der Waals surface area contributed by atoms with Gasteiger partial charge in [0, 0.05) is 15.7 Å². The smallest absolute Gasteiger partial charge is 0.373 e. The molecule has 10 heteroatoms. The molecular weight excluding hydrogens is 395 g/mol. The van der Waals surface area contributed by atoms with Gasteiger partial charge >= 0.3 is 11.6 Å². The Hall–Kier alpha value is -3.10. The predicted molar refractivity (Wildman–Crippen MR) is 101 cm³/mol. The maximum Gasteiger partial charge on any atom is 0.373 e. The molecule has 0 radical (unpaired) electrons. The van der Waals surface area contributed by atoms with Crippen molar-refractivity contribution < 1.29 is 14.4 Å². The third-order valence-corrected chi connectivity index (χ3v) is 3.81. The van der Waals surface area contributed by atoms with Crippen molar-refractivity contribution in [1.82, 2.24) is 9.97 Å². The second-order valence-corrected chi connectivity index (χ2v) is 6.07. The number of benzene rings is 2. The minimum absolute atomic E-state index is 0.0585. The van der Waals surface area contributed by atoms with Gasteiger partial charge in [-0.15, -0.1) is 0 Å². The Labute approximate surface area is 163 Å². The summed E-state index contributed by atoms with van der Waals surface area (Å²) in [6.45, 7) is 0. The van der Waals surface area contributed by atoms with Gasteiger partial charge in [-0.3, -0.25) is 10.1 Å². The zero-order valence-electron chi connectivity index (χ0n) is 13.8. The molecule has 0 bridgehead atoms. The predicted octanol–water partition coefficient (Wildman–Crippen LogP) is 5.24. The van der Waals surface area contributed by atoms with Gasteiger partial charge in [-0.05, 0) is 42.5 Å². The molecule has 2 aromatic carbocycles. The lowest BCUT2D eigenvalue weighted by atomic mass is 10.3. The van der Waals surface area contributed by atoms with Crippen molar-refractivity contribution in [3.05, 3.63) is 69.0 Å². The van der Waals surface area contributed by atoms with E-state index in [0.29, 0.717) is 27.2 Å². The molecule has 0 aliphatic heterocycles. The van der Waals surface area contributed by atoms with Crippen LogP contribution in [0.15, 0.2) is 48.8 Å². The van der Waals surface area contributed by atoms with Crippen molar-refractivity contribution in [2.45, 2.75) is 0 Å². The Morgan fingerprint density at radius 3 is 2.26 bits per heavy atom. The lowest BCUT2D eigenvalue weighted by Gasteiger charge is -2.10. The first-order chi connectivity index (χ1) is 13.0. The molecule has 8 nitrogen and oxygen atoms in total. The topological polar surface area (TPSA) is 99.4 Å². The summed E-state index contributed by atoms with van der Waals surface area (Å²) in [4.78, 5) is 18.8. The van der Waals surface area contributed by atoms with Crippen LogP contribution >= 0.6 is 23.2 Å². The number of methoxy groups -OCH3 is 1. The van der Waals surface area contributed by atoms with Gasteiger partial charge in [0.1, 0.15) is 17.8 Å². The van der Waals surface area contributed by atoms with Gasteiger partial charge < -0.3 is 14.8 Å². The lowest BCUT2D eigenvalue weighted by molar-refractivity contribution is -0.385. The van der Waals surface area contributed by atoms with Gasteiger partial charge in [0.15, 0.2) is 0 Å². The largest absolute Gasteiger partial charge is 0.497 e.